The van der Waals surface area contributed by atoms with Crippen molar-refractivity contribution < 1.29 is 14.6 Å². The lowest BCUT2D eigenvalue weighted by atomic mass is 10.1. The largest absolute Gasteiger partial charge is 0.480 e. The number of amides is 1. The number of hydrogen-bond donors (Lipinski definition) is 2. The number of fused-ring (bicyclic) bond motifs is 1. The molecule has 5 heteroatoms. The lowest BCUT2D eigenvalue weighted by molar-refractivity contribution is 0.0854. The average molecular weight is 284 g/mol. The van der Waals surface area contributed by atoms with Crippen molar-refractivity contribution >= 4 is 5.91 Å². The molecule has 1 heterocycles. The van der Waals surface area contributed by atoms with Crippen LogP contribution in [0.4, 0.5) is 0 Å². The van der Waals surface area contributed by atoms with Gasteiger partial charge in [-0.05, 0) is 23.3 Å². The molecule has 1 amide bonds. The molecular weight excluding hydrogens is 268 g/mol. The summed E-state index contributed by atoms with van der Waals surface area (Å²) >= 11 is 0. The van der Waals surface area contributed by atoms with E-state index >= 15 is 0 Å². The Hall–Kier alpha value is -2.40. The lowest BCUT2D eigenvalue weighted by Gasteiger charge is -2.18. The van der Waals surface area contributed by atoms with Crippen molar-refractivity contribution in [2.24, 2.45) is 0 Å². The fourth-order valence-electron chi connectivity index (χ4n) is 2.69. The number of aromatic nitrogens is 1. The summed E-state index contributed by atoms with van der Waals surface area (Å²) in [5, 5.41) is 13.0. The molecule has 21 heavy (non-hydrogen) atoms. The van der Waals surface area contributed by atoms with Crippen LogP contribution >= 0.6 is 0 Å². The van der Waals surface area contributed by atoms with Crippen molar-refractivity contribution in [2.45, 2.75) is 18.6 Å². The summed E-state index contributed by atoms with van der Waals surface area (Å²) < 4.78 is 5.09. The molecule has 0 bridgehead atoms. The Kier molecular flexibility index (Phi) is 3.58. The second-order valence-corrected chi connectivity index (χ2v) is 4.98. The van der Waals surface area contributed by atoms with E-state index in [9.17, 15) is 9.90 Å². The van der Waals surface area contributed by atoms with Gasteiger partial charge < -0.3 is 15.2 Å². The molecule has 0 aliphatic heterocycles. The van der Waals surface area contributed by atoms with Crippen LogP contribution in [0.25, 0.3) is 0 Å². The fourth-order valence-corrected chi connectivity index (χ4v) is 2.69. The molecule has 3 rings (SSSR count). The van der Waals surface area contributed by atoms with Gasteiger partial charge in [-0.15, -0.1) is 0 Å². The van der Waals surface area contributed by atoms with Crippen LogP contribution in [-0.2, 0) is 6.42 Å². The number of rotatable bonds is 3. The normalized spacial score (nSPS) is 19.9. The molecule has 0 fully saturated rings. The number of methoxy groups -OCH3 is 1. The van der Waals surface area contributed by atoms with Gasteiger partial charge in [0, 0.05) is 12.6 Å². The summed E-state index contributed by atoms with van der Waals surface area (Å²) in [7, 11) is 1.47. The van der Waals surface area contributed by atoms with Crippen molar-refractivity contribution in [3.05, 3.63) is 59.3 Å². The van der Waals surface area contributed by atoms with E-state index in [0.717, 1.165) is 11.1 Å². The Labute approximate surface area is 122 Å². The second-order valence-electron chi connectivity index (χ2n) is 4.98. The number of pyridine rings is 1. The number of nitrogens with zero attached hydrogens (tertiary/aromatic N) is 1. The average Bonchev–Trinajstić information content (AvgIpc) is 2.83. The van der Waals surface area contributed by atoms with Gasteiger partial charge in [-0.25, -0.2) is 4.98 Å². The van der Waals surface area contributed by atoms with Crippen LogP contribution in [0.3, 0.4) is 0 Å². The summed E-state index contributed by atoms with van der Waals surface area (Å²) in [4.78, 5) is 16.4. The van der Waals surface area contributed by atoms with Crippen LogP contribution in [0.15, 0.2) is 42.6 Å². The molecule has 2 aromatic rings. The number of aliphatic hydroxyl groups excluding tert-OH is 1. The third-order valence-electron chi connectivity index (χ3n) is 3.70. The minimum absolute atomic E-state index is 0.274. The maximum atomic E-state index is 12.4. The zero-order chi connectivity index (χ0) is 14.8. The SMILES string of the molecule is COc1ncccc1C(=O)NC1c2ccccc2CC1O. The summed E-state index contributed by atoms with van der Waals surface area (Å²) in [6.45, 7) is 0. The van der Waals surface area contributed by atoms with Gasteiger partial charge in [0.1, 0.15) is 5.56 Å². The first-order valence-corrected chi connectivity index (χ1v) is 6.76. The predicted molar refractivity (Wildman–Crippen MR) is 77.1 cm³/mol. The zero-order valence-corrected chi connectivity index (χ0v) is 11.6. The number of hydrogen-bond acceptors (Lipinski definition) is 4. The first kappa shape index (κ1) is 13.6. The third kappa shape index (κ3) is 2.48. The molecule has 108 valence electrons. The van der Waals surface area contributed by atoms with Gasteiger partial charge in [0.25, 0.3) is 5.91 Å². The molecule has 2 N–H and O–H groups in total. The van der Waals surface area contributed by atoms with Crippen molar-refractivity contribution in [3.63, 3.8) is 0 Å². The maximum Gasteiger partial charge on any atom is 0.257 e. The van der Waals surface area contributed by atoms with E-state index in [1.165, 1.54) is 7.11 Å². The van der Waals surface area contributed by atoms with Gasteiger partial charge in [0.15, 0.2) is 0 Å². The summed E-state index contributed by atoms with van der Waals surface area (Å²) in [6, 6.07) is 10.6. The molecule has 1 aliphatic carbocycles. The minimum atomic E-state index is -0.617. The topological polar surface area (TPSA) is 71.5 Å². The highest BCUT2D eigenvalue weighted by atomic mass is 16.5. The first-order valence-electron chi connectivity index (χ1n) is 6.76. The lowest BCUT2D eigenvalue weighted by Crippen LogP contribution is -2.34. The van der Waals surface area contributed by atoms with Crippen LogP contribution in [0.1, 0.15) is 27.5 Å². The quantitative estimate of drug-likeness (QED) is 0.895. The van der Waals surface area contributed by atoms with Crippen LogP contribution in [0.2, 0.25) is 0 Å². The second kappa shape index (κ2) is 5.54. The molecule has 0 spiro atoms. The number of aliphatic hydroxyl groups is 1. The maximum absolute atomic E-state index is 12.4. The first-order chi connectivity index (χ1) is 10.2. The van der Waals surface area contributed by atoms with Gasteiger partial charge in [0.05, 0.1) is 19.3 Å². The number of nitrogens with one attached hydrogen (secondary N) is 1. The van der Waals surface area contributed by atoms with E-state index in [-0.39, 0.29) is 11.8 Å². The minimum Gasteiger partial charge on any atom is -0.480 e. The highest BCUT2D eigenvalue weighted by Gasteiger charge is 2.32. The monoisotopic (exact) mass is 284 g/mol. The molecule has 0 saturated heterocycles. The van der Waals surface area contributed by atoms with E-state index in [1.54, 1.807) is 18.3 Å². The Bertz CT molecular complexity index is 672. The molecule has 1 aromatic heterocycles. The molecular formula is C16H16N2O3. The van der Waals surface area contributed by atoms with E-state index in [4.69, 9.17) is 4.74 Å². The molecule has 0 radical (unpaired) electrons. The highest BCUT2D eigenvalue weighted by molar-refractivity contribution is 5.96. The smallest absolute Gasteiger partial charge is 0.257 e. The van der Waals surface area contributed by atoms with Crippen molar-refractivity contribution in [3.8, 4) is 5.88 Å². The Morgan fingerprint density at radius 2 is 2.14 bits per heavy atom. The number of benzene rings is 1. The molecule has 1 aliphatic rings. The third-order valence-corrected chi connectivity index (χ3v) is 3.70. The van der Waals surface area contributed by atoms with E-state index < -0.39 is 12.1 Å². The predicted octanol–water partition coefficient (Wildman–Crippen LogP) is 1.48. The van der Waals surface area contributed by atoms with E-state index in [1.807, 2.05) is 24.3 Å². The Balaban J connectivity index is 1.85. The molecule has 5 nitrogen and oxygen atoms in total. The molecule has 0 saturated carbocycles. The molecule has 2 unspecified atom stereocenters. The van der Waals surface area contributed by atoms with Crippen LogP contribution < -0.4 is 10.1 Å². The Morgan fingerprint density at radius 1 is 1.33 bits per heavy atom. The number of ether oxygens (including phenoxy) is 1. The van der Waals surface area contributed by atoms with Crippen LogP contribution in [0, 0.1) is 0 Å². The molecule has 2 atom stereocenters. The van der Waals surface area contributed by atoms with Crippen molar-refractivity contribution in [1.29, 1.82) is 0 Å². The zero-order valence-electron chi connectivity index (χ0n) is 11.6. The van der Waals surface area contributed by atoms with E-state index in [0.29, 0.717) is 12.0 Å². The highest BCUT2D eigenvalue weighted by Crippen LogP contribution is 2.31. The summed E-state index contributed by atoms with van der Waals surface area (Å²) in [5.41, 5.74) is 2.38. The van der Waals surface area contributed by atoms with Crippen LogP contribution in [-0.4, -0.2) is 29.2 Å². The fraction of sp³-hybridized carbons (Fsp3) is 0.250. The van der Waals surface area contributed by atoms with E-state index in [2.05, 4.69) is 10.3 Å². The number of carbonyl (C=O) groups is 1. The standard InChI is InChI=1S/C16H16N2O3/c1-21-16-12(7-4-8-17-16)15(20)18-14-11-6-3-2-5-10(11)9-13(14)19/h2-8,13-14,19H,9H2,1H3,(H,18,20). The molecule has 1 aromatic carbocycles. The number of carbonyl (C=O) groups excluding carboxylic acids is 1. The van der Waals surface area contributed by atoms with Gasteiger partial charge in [0.2, 0.25) is 5.88 Å². The summed E-state index contributed by atoms with van der Waals surface area (Å²) in [6.07, 6.45) is 1.50. The van der Waals surface area contributed by atoms with Gasteiger partial charge in [-0.3, -0.25) is 4.79 Å². The van der Waals surface area contributed by atoms with Crippen LogP contribution in [0.5, 0.6) is 5.88 Å². The summed E-state index contributed by atoms with van der Waals surface area (Å²) in [5.74, 6) is -0.0310. The van der Waals surface area contributed by atoms with Gasteiger partial charge in [-0.2, -0.15) is 0 Å². The van der Waals surface area contributed by atoms with Crippen molar-refractivity contribution in [2.75, 3.05) is 7.11 Å². The van der Waals surface area contributed by atoms with Crippen molar-refractivity contribution in [1.82, 2.24) is 10.3 Å². The van der Waals surface area contributed by atoms with Gasteiger partial charge in [-0.1, -0.05) is 24.3 Å². The van der Waals surface area contributed by atoms with Gasteiger partial charge >= 0.3 is 0 Å². The Morgan fingerprint density at radius 3 is 2.95 bits per heavy atom.